The predicted molar refractivity (Wildman–Crippen MR) is 89.0 cm³/mol. The molecule has 7 nitrogen and oxygen atoms in total. The van der Waals surface area contributed by atoms with Gasteiger partial charge in [0.2, 0.25) is 0 Å². The molecule has 1 atom stereocenters. The fraction of sp³-hybridized carbons (Fsp3) is 0.615. The van der Waals surface area contributed by atoms with Gasteiger partial charge in [-0.2, -0.15) is 5.10 Å². The van der Waals surface area contributed by atoms with E-state index in [0.29, 0.717) is 11.9 Å². The van der Waals surface area contributed by atoms with Gasteiger partial charge in [0.05, 0.1) is 18.0 Å². The Morgan fingerprint density at radius 1 is 1.48 bits per heavy atom. The smallest absolute Gasteiger partial charge is 0.164 e. The SMILES string of the molecule is COCCN1CCC[C@H](n2nc(I)c3c(N)ncnc32)C1. The van der Waals surface area contributed by atoms with E-state index >= 15 is 0 Å². The average Bonchev–Trinajstić information content (AvgIpc) is 2.84. The van der Waals surface area contributed by atoms with Crippen molar-refractivity contribution < 1.29 is 4.74 Å². The number of likely N-dealkylation sites (tertiary alicyclic amines) is 1. The molecule has 0 spiro atoms. The lowest BCUT2D eigenvalue weighted by molar-refractivity contribution is 0.114. The first-order valence-corrected chi connectivity index (χ1v) is 8.14. The lowest BCUT2D eigenvalue weighted by atomic mass is 10.1. The molecule has 0 unspecified atom stereocenters. The zero-order valence-electron chi connectivity index (χ0n) is 12.0. The van der Waals surface area contributed by atoms with E-state index in [4.69, 9.17) is 10.5 Å². The zero-order chi connectivity index (χ0) is 14.8. The molecule has 21 heavy (non-hydrogen) atoms. The van der Waals surface area contributed by atoms with Crippen molar-refractivity contribution in [1.82, 2.24) is 24.6 Å². The molecule has 0 saturated carbocycles. The predicted octanol–water partition coefficient (Wildman–Crippen LogP) is 1.30. The van der Waals surface area contributed by atoms with Crippen molar-refractivity contribution in [3.8, 4) is 0 Å². The Morgan fingerprint density at radius 3 is 3.14 bits per heavy atom. The number of hydrogen-bond acceptors (Lipinski definition) is 6. The minimum Gasteiger partial charge on any atom is -0.383 e. The summed E-state index contributed by atoms with van der Waals surface area (Å²) in [6.45, 7) is 3.81. The van der Waals surface area contributed by atoms with Gasteiger partial charge < -0.3 is 10.5 Å². The summed E-state index contributed by atoms with van der Waals surface area (Å²) < 4.78 is 8.07. The number of fused-ring (bicyclic) bond motifs is 1. The van der Waals surface area contributed by atoms with Gasteiger partial charge in [0.15, 0.2) is 5.65 Å². The molecule has 114 valence electrons. The minimum atomic E-state index is 0.330. The Morgan fingerprint density at radius 2 is 2.33 bits per heavy atom. The topological polar surface area (TPSA) is 82.1 Å². The molecule has 1 aliphatic rings. The molecule has 1 fully saturated rings. The molecule has 3 heterocycles. The van der Waals surface area contributed by atoms with Crippen LogP contribution in [0.1, 0.15) is 18.9 Å². The van der Waals surface area contributed by atoms with E-state index in [1.807, 2.05) is 4.68 Å². The van der Waals surface area contributed by atoms with E-state index < -0.39 is 0 Å². The van der Waals surface area contributed by atoms with Gasteiger partial charge in [-0.05, 0) is 42.0 Å². The summed E-state index contributed by atoms with van der Waals surface area (Å²) in [5, 5.41) is 5.52. The van der Waals surface area contributed by atoms with Crippen LogP contribution in [0.4, 0.5) is 5.82 Å². The van der Waals surface area contributed by atoms with Crippen LogP contribution in [-0.2, 0) is 4.74 Å². The summed E-state index contributed by atoms with van der Waals surface area (Å²) in [6, 6.07) is 0.330. The molecule has 0 aromatic carbocycles. The summed E-state index contributed by atoms with van der Waals surface area (Å²) in [6.07, 6.45) is 3.78. The van der Waals surface area contributed by atoms with Crippen LogP contribution in [0, 0.1) is 3.70 Å². The molecule has 2 N–H and O–H groups in total. The molecule has 0 aliphatic carbocycles. The molecule has 2 aromatic heterocycles. The fourth-order valence-corrected chi connectivity index (χ4v) is 3.61. The van der Waals surface area contributed by atoms with Crippen molar-refractivity contribution in [3.63, 3.8) is 0 Å². The molecule has 0 radical (unpaired) electrons. The number of piperidine rings is 1. The second-order valence-electron chi connectivity index (χ2n) is 5.28. The molecule has 1 saturated heterocycles. The van der Waals surface area contributed by atoms with Crippen molar-refractivity contribution in [2.24, 2.45) is 0 Å². The van der Waals surface area contributed by atoms with Crippen molar-refractivity contribution in [2.75, 3.05) is 39.1 Å². The van der Waals surface area contributed by atoms with Crippen molar-refractivity contribution >= 4 is 39.4 Å². The number of halogens is 1. The number of ether oxygens (including phenoxy) is 1. The standard InChI is InChI=1S/C13H19IN6O/c1-21-6-5-19-4-2-3-9(7-19)20-13-10(11(14)18-20)12(15)16-8-17-13/h8-9H,2-7H2,1H3,(H2,15,16,17)/t9-/m0/s1. The number of anilines is 1. The number of aromatic nitrogens is 4. The highest BCUT2D eigenvalue weighted by Crippen LogP contribution is 2.28. The van der Waals surface area contributed by atoms with E-state index in [1.54, 1.807) is 7.11 Å². The highest BCUT2D eigenvalue weighted by molar-refractivity contribution is 14.1. The maximum Gasteiger partial charge on any atom is 0.164 e. The van der Waals surface area contributed by atoms with Crippen LogP contribution < -0.4 is 5.73 Å². The summed E-state index contributed by atoms with van der Waals surface area (Å²) in [5.41, 5.74) is 6.80. The molecular weight excluding hydrogens is 383 g/mol. The van der Waals surface area contributed by atoms with Crippen LogP contribution in [0.15, 0.2) is 6.33 Å². The van der Waals surface area contributed by atoms with E-state index in [9.17, 15) is 0 Å². The second-order valence-corrected chi connectivity index (χ2v) is 6.30. The first-order chi connectivity index (χ1) is 10.2. The lowest BCUT2D eigenvalue weighted by Crippen LogP contribution is -2.38. The Balaban J connectivity index is 1.88. The Labute approximate surface area is 137 Å². The number of nitrogen functional groups attached to an aromatic ring is 1. The summed E-state index contributed by atoms with van der Waals surface area (Å²) in [4.78, 5) is 10.9. The van der Waals surface area contributed by atoms with Gasteiger partial charge in [0.25, 0.3) is 0 Å². The fourth-order valence-electron chi connectivity index (χ4n) is 2.86. The average molecular weight is 402 g/mol. The van der Waals surface area contributed by atoms with Crippen LogP contribution in [0.25, 0.3) is 11.0 Å². The van der Waals surface area contributed by atoms with Crippen LogP contribution in [0.2, 0.25) is 0 Å². The largest absolute Gasteiger partial charge is 0.383 e. The van der Waals surface area contributed by atoms with Gasteiger partial charge in [-0.15, -0.1) is 0 Å². The van der Waals surface area contributed by atoms with Gasteiger partial charge in [-0.25, -0.2) is 14.6 Å². The molecule has 0 bridgehead atoms. The molecule has 1 aliphatic heterocycles. The molecule has 0 amide bonds. The quantitative estimate of drug-likeness (QED) is 0.777. The normalized spacial score (nSPS) is 20.2. The maximum absolute atomic E-state index is 5.96. The van der Waals surface area contributed by atoms with Crippen molar-refractivity contribution in [2.45, 2.75) is 18.9 Å². The zero-order valence-corrected chi connectivity index (χ0v) is 14.2. The first kappa shape index (κ1) is 14.9. The van der Waals surface area contributed by atoms with E-state index in [2.05, 4.69) is 42.6 Å². The molecule has 8 heteroatoms. The third-order valence-corrected chi connectivity index (χ3v) is 4.67. The number of methoxy groups -OCH3 is 1. The monoisotopic (exact) mass is 402 g/mol. The van der Waals surface area contributed by atoms with Crippen LogP contribution in [0.5, 0.6) is 0 Å². The van der Waals surface area contributed by atoms with Crippen molar-refractivity contribution in [3.05, 3.63) is 10.0 Å². The van der Waals surface area contributed by atoms with E-state index in [-0.39, 0.29) is 0 Å². The van der Waals surface area contributed by atoms with E-state index in [0.717, 1.165) is 53.8 Å². The molecule has 3 rings (SSSR count). The first-order valence-electron chi connectivity index (χ1n) is 7.06. The highest BCUT2D eigenvalue weighted by atomic mass is 127. The number of rotatable bonds is 4. The van der Waals surface area contributed by atoms with E-state index in [1.165, 1.54) is 6.33 Å². The van der Waals surface area contributed by atoms with Gasteiger partial charge in [0.1, 0.15) is 15.8 Å². The highest BCUT2D eigenvalue weighted by Gasteiger charge is 2.25. The summed E-state index contributed by atoms with van der Waals surface area (Å²) in [7, 11) is 1.74. The lowest BCUT2D eigenvalue weighted by Gasteiger charge is -2.32. The minimum absolute atomic E-state index is 0.330. The number of hydrogen-bond donors (Lipinski definition) is 1. The Kier molecular flexibility index (Phi) is 4.55. The van der Waals surface area contributed by atoms with Crippen LogP contribution in [0.3, 0.4) is 0 Å². The third kappa shape index (κ3) is 2.97. The number of nitrogens with two attached hydrogens (primary N) is 1. The Hall–Kier alpha value is -1.00. The molecular formula is C13H19IN6O. The Bertz CT molecular complexity index is 630. The number of nitrogens with zero attached hydrogens (tertiary/aromatic N) is 5. The maximum atomic E-state index is 5.96. The van der Waals surface area contributed by atoms with Crippen LogP contribution in [-0.4, -0.2) is 58.0 Å². The second kappa shape index (κ2) is 6.41. The van der Waals surface area contributed by atoms with Gasteiger partial charge >= 0.3 is 0 Å². The van der Waals surface area contributed by atoms with Crippen LogP contribution >= 0.6 is 22.6 Å². The summed E-state index contributed by atoms with van der Waals surface area (Å²) in [5.74, 6) is 0.502. The van der Waals surface area contributed by atoms with Gasteiger partial charge in [0, 0.05) is 20.2 Å². The van der Waals surface area contributed by atoms with Gasteiger partial charge in [-0.3, -0.25) is 4.90 Å². The molecule has 2 aromatic rings. The van der Waals surface area contributed by atoms with Gasteiger partial charge in [-0.1, -0.05) is 0 Å². The van der Waals surface area contributed by atoms with Crippen molar-refractivity contribution in [1.29, 1.82) is 0 Å². The third-order valence-electron chi connectivity index (χ3n) is 3.91. The summed E-state index contributed by atoms with van der Waals surface area (Å²) >= 11 is 2.20.